The number of nitrogens with zero attached hydrogens (tertiary/aromatic N) is 2. The van der Waals surface area contributed by atoms with Gasteiger partial charge in [0.05, 0.1) is 12.1 Å². The Kier molecular flexibility index (Phi) is 3.05. The number of rotatable bonds is 2. The Morgan fingerprint density at radius 3 is 2.80 bits per heavy atom. The second-order valence-corrected chi connectivity index (χ2v) is 3.92. The van der Waals surface area contributed by atoms with E-state index in [4.69, 9.17) is 23.2 Å². The van der Waals surface area contributed by atoms with Gasteiger partial charge < -0.3 is 5.32 Å². The summed E-state index contributed by atoms with van der Waals surface area (Å²) in [6.45, 7) is 0.596. The molecule has 0 saturated heterocycles. The zero-order valence-corrected chi connectivity index (χ0v) is 9.60. The average molecular weight is 242 g/mol. The molecule has 0 aliphatic rings. The third-order valence-corrected chi connectivity index (χ3v) is 2.52. The van der Waals surface area contributed by atoms with Crippen LogP contribution in [0.4, 0.5) is 0 Å². The van der Waals surface area contributed by atoms with Crippen molar-refractivity contribution >= 4 is 34.1 Å². The van der Waals surface area contributed by atoms with E-state index in [0.717, 1.165) is 10.9 Å². The van der Waals surface area contributed by atoms with Gasteiger partial charge in [0.25, 0.3) is 0 Å². The van der Waals surface area contributed by atoms with Crippen LogP contribution in [0.3, 0.4) is 0 Å². The third-order valence-electron chi connectivity index (χ3n) is 1.99. The van der Waals surface area contributed by atoms with Crippen molar-refractivity contribution in [3.63, 3.8) is 0 Å². The summed E-state index contributed by atoms with van der Waals surface area (Å²) in [4.78, 5) is 8.52. The van der Waals surface area contributed by atoms with E-state index in [1.165, 1.54) is 0 Å². The summed E-state index contributed by atoms with van der Waals surface area (Å²) < 4.78 is 0. The molecule has 0 amide bonds. The molecule has 3 nitrogen and oxygen atoms in total. The number of nitrogens with one attached hydrogen (secondary N) is 1. The van der Waals surface area contributed by atoms with Crippen LogP contribution >= 0.6 is 23.2 Å². The highest BCUT2D eigenvalue weighted by Crippen LogP contribution is 2.23. The molecule has 0 fully saturated rings. The highest BCUT2D eigenvalue weighted by Gasteiger charge is 2.05. The van der Waals surface area contributed by atoms with Gasteiger partial charge in [0.15, 0.2) is 0 Å². The maximum absolute atomic E-state index is 6.03. The van der Waals surface area contributed by atoms with Gasteiger partial charge in [-0.15, -0.1) is 0 Å². The highest BCUT2D eigenvalue weighted by atomic mass is 35.5. The first kappa shape index (κ1) is 10.6. The zero-order valence-electron chi connectivity index (χ0n) is 8.09. The van der Waals surface area contributed by atoms with Crippen LogP contribution in [0.5, 0.6) is 0 Å². The van der Waals surface area contributed by atoms with Gasteiger partial charge >= 0.3 is 0 Å². The van der Waals surface area contributed by atoms with Crippen molar-refractivity contribution in [1.29, 1.82) is 0 Å². The SMILES string of the molecule is CNCc1nc(Cl)c2cc(Cl)ccc2n1. The molecule has 2 aromatic rings. The molecule has 0 bridgehead atoms. The van der Waals surface area contributed by atoms with Crippen LogP contribution in [0.15, 0.2) is 18.2 Å². The Morgan fingerprint density at radius 1 is 1.27 bits per heavy atom. The Balaban J connectivity index is 2.62. The number of benzene rings is 1. The van der Waals surface area contributed by atoms with E-state index in [1.54, 1.807) is 12.1 Å². The van der Waals surface area contributed by atoms with Gasteiger partial charge in [0.1, 0.15) is 11.0 Å². The lowest BCUT2D eigenvalue weighted by atomic mass is 10.2. The molecule has 0 aliphatic heterocycles. The Morgan fingerprint density at radius 2 is 2.07 bits per heavy atom. The van der Waals surface area contributed by atoms with Gasteiger partial charge in [0, 0.05) is 10.4 Å². The first-order valence-electron chi connectivity index (χ1n) is 4.47. The maximum Gasteiger partial charge on any atom is 0.144 e. The second-order valence-electron chi connectivity index (χ2n) is 3.12. The Bertz CT molecular complexity index is 499. The minimum absolute atomic E-state index is 0.438. The summed E-state index contributed by atoms with van der Waals surface area (Å²) >= 11 is 11.9. The molecule has 1 N–H and O–H groups in total. The van der Waals surface area contributed by atoms with E-state index >= 15 is 0 Å². The lowest BCUT2D eigenvalue weighted by Gasteiger charge is -2.03. The summed E-state index contributed by atoms with van der Waals surface area (Å²) in [6, 6.07) is 5.39. The minimum Gasteiger partial charge on any atom is -0.313 e. The molecule has 0 unspecified atom stereocenters. The molecule has 2 rings (SSSR count). The van der Waals surface area contributed by atoms with E-state index in [0.29, 0.717) is 22.5 Å². The molecule has 0 atom stereocenters. The highest BCUT2D eigenvalue weighted by molar-refractivity contribution is 6.35. The van der Waals surface area contributed by atoms with Crippen LogP contribution < -0.4 is 5.32 Å². The van der Waals surface area contributed by atoms with Crippen LogP contribution in [-0.4, -0.2) is 17.0 Å². The van der Waals surface area contributed by atoms with Crippen molar-refractivity contribution in [2.75, 3.05) is 7.05 Å². The lowest BCUT2D eigenvalue weighted by Crippen LogP contribution is -2.09. The summed E-state index contributed by atoms with van der Waals surface area (Å²) in [7, 11) is 1.84. The minimum atomic E-state index is 0.438. The molecule has 5 heteroatoms. The third kappa shape index (κ3) is 2.20. The van der Waals surface area contributed by atoms with Crippen molar-refractivity contribution in [3.8, 4) is 0 Å². The smallest absolute Gasteiger partial charge is 0.144 e. The normalized spacial score (nSPS) is 10.9. The van der Waals surface area contributed by atoms with Crippen molar-refractivity contribution in [2.24, 2.45) is 0 Å². The zero-order chi connectivity index (χ0) is 10.8. The molecule has 1 aromatic carbocycles. The van der Waals surface area contributed by atoms with E-state index < -0.39 is 0 Å². The summed E-state index contributed by atoms with van der Waals surface area (Å²) in [6.07, 6.45) is 0. The molecule has 1 heterocycles. The van der Waals surface area contributed by atoms with E-state index in [9.17, 15) is 0 Å². The van der Waals surface area contributed by atoms with Gasteiger partial charge in [-0.2, -0.15) is 0 Å². The number of hydrogen-bond acceptors (Lipinski definition) is 3. The summed E-state index contributed by atoms with van der Waals surface area (Å²) in [5.41, 5.74) is 0.810. The van der Waals surface area contributed by atoms with Gasteiger partial charge in [-0.05, 0) is 25.2 Å². The largest absolute Gasteiger partial charge is 0.313 e. The quantitative estimate of drug-likeness (QED) is 0.822. The first-order chi connectivity index (χ1) is 7.20. The molecule has 78 valence electrons. The molecule has 0 radical (unpaired) electrons. The predicted molar refractivity (Wildman–Crippen MR) is 62.3 cm³/mol. The fourth-order valence-electron chi connectivity index (χ4n) is 1.35. The van der Waals surface area contributed by atoms with Crippen LogP contribution in [0, 0.1) is 0 Å². The predicted octanol–water partition coefficient (Wildman–Crippen LogP) is 2.66. The molecule has 1 aromatic heterocycles. The van der Waals surface area contributed by atoms with Gasteiger partial charge in [-0.1, -0.05) is 23.2 Å². The van der Waals surface area contributed by atoms with Gasteiger partial charge in [-0.3, -0.25) is 0 Å². The number of aromatic nitrogens is 2. The summed E-state index contributed by atoms with van der Waals surface area (Å²) in [5.74, 6) is 0.678. The van der Waals surface area contributed by atoms with Crippen LogP contribution in [-0.2, 0) is 6.54 Å². The van der Waals surface area contributed by atoms with Crippen molar-refractivity contribution < 1.29 is 0 Å². The molecule has 0 saturated carbocycles. The fourth-order valence-corrected chi connectivity index (χ4v) is 1.77. The molecule has 15 heavy (non-hydrogen) atoms. The lowest BCUT2D eigenvalue weighted by molar-refractivity contribution is 0.764. The number of hydrogen-bond donors (Lipinski definition) is 1. The van der Waals surface area contributed by atoms with Crippen molar-refractivity contribution in [3.05, 3.63) is 34.2 Å². The second kappa shape index (κ2) is 4.31. The fraction of sp³-hybridized carbons (Fsp3) is 0.200. The molecule has 0 aliphatic carbocycles. The van der Waals surface area contributed by atoms with Crippen LogP contribution in [0.1, 0.15) is 5.82 Å². The van der Waals surface area contributed by atoms with E-state index in [-0.39, 0.29) is 0 Å². The van der Waals surface area contributed by atoms with Crippen LogP contribution in [0.25, 0.3) is 10.9 Å². The van der Waals surface area contributed by atoms with Crippen molar-refractivity contribution in [2.45, 2.75) is 6.54 Å². The van der Waals surface area contributed by atoms with Crippen molar-refractivity contribution in [1.82, 2.24) is 15.3 Å². The number of fused-ring (bicyclic) bond motifs is 1. The standard InChI is InChI=1S/C10H9Cl2N3/c1-13-5-9-14-8-3-2-6(11)4-7(8)10(12)15-9/h2-4,13H,5H2,1H3. The number of halogens is 2. The van der Waals surface area contributed by atoms with E-state index in [2.05, 4.69) is 15.3 Å². The van der Waals surface area contributed by atoms with E-state index in [1.807, 2.05) is 13.1 Å². The molecular weight excluding hydrogens is 233 g/mol. The molecule has 0 spiro atoms. The topological polar surface area (TPSA) is 37.8 Å². The van der Waals surface area contributed by atoms with Gasteiger partial charge in [-0.25, -0.2) is 9.97 Å². The molecular formula is C10H9Cl2N3. The van der Waals surface area contributed by atoms with Crippen LogP contribution in [0.2, 0.25) is 10.2 Å². The Labute approximate surface area is 97.4 Å². The summed E-state index contributed by atoms with van der Waals surface area (Å²) in [5, 5.41) is 4.83. The average Bonchev–Trinajstić information content (AvgIpc) is 2.20. The Hall–Kier alpha value is -0.900. The first-order valence-corrected chi connectivity index (χ1v) is 5.22. The van der Waals surface area contributed by atoms with Gasteiger partial charge in [0.2, 0.25) is 0 Å². The monoisotopic (exact) mass is 241 g/mol. The maximum atomic E-state index is 6.03.